The number of hydrogen-bond acceptors (Lipinski definition) is 3. The summed E-state index contributed by atoms with van der Waals surface area (Å²) in [4.78, 5) is 11.3. The zero-order valence-electron chi connectivity index (χ0n) is 9.08. The van der Waals surface area contributed by atoms with Crippen LogP contribution < -0.4 is 10.1 Å². The molecule has 94 valence electrons. The van der Waals surface area contributed by atoms with Gasteiger partial charge in [-0.25, -0.2) is 0 Å². The van der Waals surface area contributed by atoms with Gasteiger partial charge in [0.2, 0.25) is 0 Å². The van der Waals surface area contributed by atoms with Crippen LogP contribution in [0.5, 0.6) is 5.75 Å². The Hall–Kier alpha value is -0.780. The lowest BCUT2D eigenvalue weighted by molar-refractivity contribution is -0.123. The predicted octanol–water partition coefficient (Wildman–Crippen LogP) is 1.98. The minimum Gasteiger partial charge on any atom is -0.483 e. The van der Waals surface area contributed by atoms with Gasteiger partial charge >= 0.3 is 0 Å². The molecule has 1 amide bonds. The summed E-state index contributed by atoms with van der Waals surface area (Å²) in [5.41, 5.74) is 0. The molecule has 0 radical (unpaired) electrons. The Labute approximate surface area is 113 Å². The van der Waals surface area contributed by atoms with Gasteiger partial charge in [0.15, 0.2) is 6.61 Å². The molecule has 0 bridgehead atoms. The van der Waals surface area contributed by atoms with Crippen LogP contribution in [-0.2, 0) is 4.79 Å². The van der Waals surface area contributed by atoms with E-state index in [2.05, 4.69) is 21.2 Å². The summed E-state index contributed by atoms with van der Waals surface area (Å²) in [6.45, 7) is 0.440. The van der Waals surface area contributed by atoms with E-state index in [-0.39, 0.29) is 19.1 Å². The van der Waals surface area contributed by atoms with Crippen molar-refractivity contribution in [3.05, 3.63) is 27.7 Å². The van der Waals surface area contributed by atoms with E-state index >= 15 is 0 Å². The minimum absolute atomic E-state index is 0.0594. The Morgan fingerprint density at radius 2 is 2.29 bits per heavy atom. The smallest absolute Gasteiger partial charge is 0.257 e. The summed E-state index contributed by atoms with van der Waals surface area (Å²) in [5.74, 6) is 0.340. The third-order valence-corrected chi connectivity index (χ3v) is 2.76. The molecule has 0 saturated carbocycles. The van der Waals surface area contributed by atoms with Crippen molar-refractivity contribution in [3.63, 3.8) is 0 Å². The summed E-state index contributed by atoms with van der Waals surface area (Å²) in [5, 5.41) is 11.8. The average Bonchev–Trinajstić information content (AvgIpc) is 2.28. The highest BCUT2D eigenvalue weighted by Crippen LogP contribution is 2.27. The normalized spacial score (nSPS) is 10.1. The van der Waals surface area contributed by atoms with Gasteiger partial charge in [-0.1, -0.05) is 11.6 Å². The molecular weight excluding hydrogens is 309 g/mol. The van der Waals surface area contributed by atoms with Crippen molar-refractivity contribution in [3.8, 4) is 5.75 Å². The van der Waals surface area contributed by atoms with E-state index in [1.807, 2.05) is 0 Å². The highest BCUT2D eigenvalue weighted by molar-refractivity contribution is 9.10. The molecule has 0 fully saturated rings. The number of carbonyl (C=O) groups is 1. The maximum absolute atomic E-state index is 11.3. The van der Waals surface area contributed by atoms with E-state index in [9.17, 15) is 4.79 Å². The van der Waals surface area contributed by atoms with Crippen molar-refractivity contribution in [2.75, 3.05) is 19.8 Å². The van der Waals surface area contributed by atoms with Gasteiger partial charge in [0.05, 0.1) is 4.47 Å². The zero-order valence-corrected chi connectivity index (χ0v) is 11.4. The zero-order chi connectivity index (χ0) is 12.7. The van der Waals surface area contributed by atoms with Crippen LogP contribution >= 0.6 is 27.5 Å². The standard InChI is InChI=1S/C11H13BrClNO3/c12-9-6-8(13)2-3-10(9)17-7-11(16)14-4-1-5-15/h2-3,6,15H,1,4-5,7H2,(H,14,16). The molecule has 0 aliphatic heterocycles. The van der Waals surface area contributed by atoms with Crippen molar-refractivity contribution >= 4 is 33.4 Å². The molecule has 0 saturated heterocycles. The lowest BCUT2D eigenvalue weighted by Crippen LogP contribution is -2.30. The first-order chi connectivity index (χ1) is 8.13. The molecule has 17 heavy (non-hydrogen) atoms. The highest BCUT2D eigenvalue weighted by atomic mass is 79.9. The first-order valence-electron chi connectivity index (χ1n) is 5.09. The highest BCUT2D eigenvalue weighted by Gasteiger charge is 2.05. The summed E-state index contributed by atoms with van der Waals surface area (Å²) in [6, 6.07) is 5.07. The van der Waals surface area contributed by atoms with E-state index in [1.54, 1.807) is 18.2 Å². The van der Waals surface area contributed by atoms with Gasteiger partial charge in [0, 0.05) is 18.2 Å². The molecule has 2 N–H and O–H groups in total. The number of aliphatic hydroxyl groups excluding tert-OH is 1. The molecule has 6 heteroatoms. The number of benzene rings is 1. The number of rotatable bonds is 6. The number of halogens is 2. The molecule has 0 aromatic heterocycles. The van der Waals surface area contributed by atoms with E-state index in [0.717, 1.165) is 0 Å². The first kappa shape index (κ1) is 14.3. The lowest BCUT2D eigenvalue weighted by Gasteiger charge is -2.08. The summed E-state index contributed by atoms with van der Waals surface area (Å²) in [7, 11) is 0. The van der Waals surface area contributed by atoms with Crippen LogP contribution in [0.25, 0.3) is 0 Å². The lowest BCUT2D eigenvalue weighted by atomic mass is 10.3. The fraction of sp³-hybridized carbons (Fsp3) is 0.364. The molecule has 1 aromatic rings. The predicted molar refractivity (Wildman–Crippen MR) is 69.4 cm³/mol. The van der Waals surface area contributed by atoms with Gasteiger partial charge in [-0.05, 0) is 40.5 Å². The van der Waals surface area contributed by atoms with Crippen LogP contribution in [-0.4, -0.2) is 30.8 Å². The summed E-state index contributed by atoms with van der Waals surface area (Å²) in [6.07, 6.45) is 0.538. The first-order valence-corrected chi connectivity index (χ1v) is 6.26. The second-order valence-electron chi connectivity index (χ2n) is 3.29. The Morgan fingerprint density at radius 1 is 1.53 bits per heavy atom. The maximum atomic E-state index is 11.3. The van der Waals surface area contributed by atoms with Crippen LogP contribution in [0.2, 0.25) is 5.02 Å². The van der Waals surface area contributed by atoms with Gasteiger partial charge in [-0.3, -0.25) is 4.79 Å². The summed E-state index contributed by atoms with van der Waals surface area (Å²) < 4.78 is 6.01. The molecular formula is C11H13BrClNO3. The SMILES string of the molecule is O=C(COc1ccc(Cl)cc1Br)NCCCO. The maximum Gasteiger partial charge on any atom is 0.257 e. The van der Waals surface area contributed by atoms with E-state index < -0.39 is 0 Å². The van der Waals surface area contributed by atoms with Crippen molar-refractivity contribution in [2.24, 2.45) is 0 Å². The number of nitrogens with one attached hydrogen (secondary N) is 1. The second-order valence-corrected chi connectivity index (χ2v) is 4.58. The molecule has 0 unspecified atom stereocenters. The Bertz CT molecular complexity index is 387. The van der Waals surface area contributed by atoms with E-state index in [0.29, 0.717) is 28.2 Å². The number of amides is 1. The molecule has 4 nitrogen and oxygen atoms in total. The van der Waals surface area contributed by atoms with Crippen LogP contribution in [0.15, 0.2) is 22.7 Å². The molecule has 0 heterocycles. The molecule has 0 aliphatic carbocycles. The average molecular weight is 323 g/mol. The molecule has 1 rings (SSSR count). The fourth-order valence-electron chi connectivity index (χ4n) is 1.09. The van der Waals surface area contributed by atoms with E-state index in [4.69, 9.17) is 21.4 Å². The van der Waals surface area contributed by atoms with Gasteiger partial charge < -0.3 is 15.2 Å². The van der Waals surface area contributed by atoms with E-state index in [1.165, 1.54) is 0 Å². The van der Waals surface area contributed by atoms with Crippen molar-refractivity contribution in [1.82, 2.24) is 5.32 Å². The van der Waals surface area contributed by atoms with Gasteiger partial charge in [-0.2, -0.15) is 0 Å². The van der Waals surface area contributed by atoms with Crippen LogP contribution in [0.3, 0.4) is 0 Å². The topological polar surface area (TPSA) is 58.6 Å². The number of aliphatic hydroxyl groups is 1. The molecule has 0 aliphatic rings. The van der Waals surface area contributed by atoms with Crippen molar-refractivity contribution < 1.29 is 14.6 Å². The number of ether oxygens (including phenoxy) is 1. The van der Waals surface area contributed by atoms with Crippen LogP contribution in [0, 0.1) is 0 Å². The molecule has 0 atom stereocenters. The Balaban J connectivity index is 2.37. The monoisotopic (exact) mass is 321 g/mol. The summed E-state index contributed by atoms with van der Waals surface area (Å²) >= 11 is 9.06. The molecule has 0 spiro atoms. The number of hydrogen-bond donors (Lipinski definition) is 2. The third kappa shape index (κ3) is 5.39. The Kier molecular flexibility index (Phi) is 6.32. The van der Waals surface area contributed by atoms with Crippen LogP contribution in [0.1, 0.15) is 6.42 Å². The largest absolute Gasteiger partial charge is 0.483 e. The molecule has 1 aromatic carbocycles. The fourth-order valence-corrected chi connectivity index (χ4v) is 1.89. The van der Waals surface area contributed by atoms with Crippen LogP contribution in [0.4, 0.5) is 0 Å². The third-order valence-electron chi connectivity index (χ3n) is 1.91. The second kappa shape index (κ2) is 7.53. The van der Waals surface area contributed by atoms with Crippen molar-refractivity contribution in [2.45, 2.75) is 6.42 Å². The number of carbonyl (C=O) groups excluding carboxylic acids is 1. The van der Waals surface area contributed by atoms with Gasteiger partial charge in [0.25, 0.3) is 5.91 Å². The minimum atomic E-state index is -0.222. The van der Waals surface area contributed by atoms with Crippen molar-refractivity contribution in [1.29, 1.82) is 0 Å². The van der Waals surface area contributed by atoms with Gasteiger partial charge in [-0.15, -0.1) is 0 Å². The van der Waals surface area contributed by atoms with Gasteiger partial charge in [0.1, 0.15) is 5.75 Å². The Morgan fingerprint density at radius 3 is 2.94 bits per heavy atom. The quantitative estimate of drug-likeness (QED) is 0.787.